The number of carbonyl (C=O) groups excluding carboxylic acids is 1. The molecule has 0 aliphatic carbocycles. The number of pyridine rings is 1. The van der Waals surface area contributed by atoms with E-state index >= 15 is 0 Å². The number of likely N-dealkylation sites (tertiary alicyclic amines) is 1. The first-order chi connectivity index (χ1) is 14.5. The minimum atomic E-state index is 0.172. The Hall–Kier alpha value is -2.67. The highest BCUT2D eigenvalue weighted by Crippen LogP contribution is 2.30. The molecule has 7 heteroatoms. The molecule has 1 atom stereocenters. The van der Waals surface area contributed by atoms with Gasteiger partial charge in [0.1, 0.15) is 0 Å². The molecule has 2 aromatic heterocycles. The second-order valence-electron chi connectivity index (χ2n) is 7.89. The van der Waals surface area contributed by atoms with Gasteiger partial charge in [-0.25, -0.2) is 0 Å². The predicted octanol–water partition coefficient (Wildman–Crippen LogP) is 4.44. The van der Waals surface area contributed by atoms with Crippen molar-refractivity contribution >= 4 is 17.7 Å². The monoisotopic (exact) mass is 421 g/mol. The normalized spacial score (nSPS) is 16.6. The van der Waals surface area contributed by atoms with Crippen molar-refractivity contribution in [3.05, 3.63) is 53.9 Å². The van der Waals surface area contributed by atoms with Gasteiger partial charge in [-0.2, -0.15) is 0 Å². The van der Waals surface area contributed by atoms with Crippen molar-refractivity contribution in [3.8, 4) is 17.1 Å². The van der Waals surface area contributed by atoms with Crippen molar-refractivity contribution in [2.45, 2.75) is 51.2 Å². The second kappa shape index (κ2) is 9.00. The number of amides is 1. The molecule has 0 saturated carbocycles. The fourth-order valence-electron chi connectivity index (χ4n) is 4.00. The Morgan fingerprint density at radius 2 is 2.07 bits per heavy atom. The fourth-order valence-corrected chi connectivity index (χ4v) is 4.83. The molecular formula is C23H27N5OS. The Balaban J connectivity index is 1.66. The van der Waals surface area contributed by atoms with E-state index in [1.807, 2.05) is 21.6 Å². The number of rotatable bonds is 5. The Morgan fingerprint density at radius 1 is 1.20 bits per heavy atom. The lowest BCUT2D eigenvalue weighted by molar-refractivity contribution is -0.131. The maximum atomic E-state index is 12.9. The highest BCUT2D eigenvalue weighted by atomic mass is 32.2. The summed E-state index contributed by atoms with van der Waals surface area (Å²) in [5.74, 6) is 1.27. The van der Waals surface area contributed by atoms with E-state index in [4.69, 9.17) is 0 Å². The molecule has 30 heavy (non-hydrogen) atoms. The lowest BCUT2D eigenvalue weighted by Gasteiger charge is -2.33. The topological polar surface area (TPSA) is 63.9 Å². The third-order valence-electron chi connectivity index (χ3n) is 5.59. The van der Waals surface area contributed by atoms with Gasteiger partial charge in [-0.05, 0) is 63.8 Å². The van der Waals surface area contributed by atoms with Crippen LogP contribution in [0.4, 0.5) is 0 Å². The SMILES string of the molecule is Cc1ccc(-n2c(SCC(=O)N3CCCCC3C)nnc2-c2cccnc2)c(C)c1. The lowest BCUT2D eigenvalue weighted by atomic mass is 10.0. The zero-order valence-corrected chi connectivity index (χ0v) is 18.5. The summed E-state index contributed by atoms with van der Waals surface area (Å²) in [6.45, 7) is 7.16. The largest absolute Gasteiger partial charge is 0.339 e. The van der Waals surface area contributed by atoms with Crippen molar-refractivity contribution in [2.24, 2.45) is 0 Å². The van der Waals surface area contributed by atoms with Gasteiger partial charge in [0.2, 0.25) is 5.91 Å². The number of thioether (sulfide) groups is 1. The number of piperidine rings is 1. The molecule has 1 unspecified atom stereocenters. The van der Waals surface area contributed by atoms with Crippen LogP contribution in [0.3, 0.4) is 0 Å². The summed E-state index contributed by atoms with van der Waals surface area (Å²) >= 11 is 1.45. The molecule has 3 aromatic rings. The van der Waals surface area contributed by atoms with Gasteiger partial charge in [0.15, 0.2) is 11.0 Å². The number of hydrogen-bond acceptors (Lipinski definition) is 5. The standard InChI is InChI=1S/C23H27N5OS/c1-16-9-10-20(17(2)13-16)28-22(19-8-6-11-24-14-19)25-26-23(28)30-15-21(29)27-12-5-4-7-18(27)3/h6,8-11,13-14,18H,4-5,7,12,15H2,1-3H3. The summed E-state index contributed by atoms with van der Waals surface area (Å²) < 4.78 is 2.05. The van der Waals surface area contributed by atoms with Crippen LogP contribution in [-0.4, -0.2) is 48.9 Å². The van der Waals surface area contributed by atoms with Crippen molar-refractivity contribution in [2.75, 3.05) is 12.3 Å². The smallest absolute Gasteiger partial charge is 0.233 e. The van der Waals surface area contributed by atoms with Gasteiger partial charge < -0.3 is 4.90 Å². The Morgan fingerprint density at radius 3 is 2.80 bits per heavy atom. The molecule has 1 fully saturated rings. The van der Waals surface area contributed by atoms with Crippen molar-refractivity contribution in [1.29, 1.82) is 0 Å². The number of aromatic nitrogens is 4. The lowest BCUT2D eigenvalue weighted by Crippen LogP contribution is -2.42. The summed E-state index contributed by atoms with van der Waals surface area (Å²) in [5.41, 5.74) is 4.26. The highest BCUT2D eigenvalue weighted by molar-refractivity contribution is 7.99. The molecule has 1 amide bonds. The summed E-state index contributed by atoms with van der Waals surface area (Å²) in [4.78, 5) is 19.1. The molecule has 1 aliphatic heterocycles. The first kappa shape index (κ1) is 20.6. The Labute approximate surface area is 181 Å². The molecule has 0 radical (unpaired) electrons. The minimum Gasteiger partial charge on any atom is -0.339 e. The number of carbonyl (C=O) groups is 1. The highest BCUT2D eigenvalue weighted by Gasteiger charge is 2.24. The Kier molecular flexibility index (Phi) is 6.18. The molecule has 4 rings (SSSR count). The third-order valence-corrected chi connectivity index (χ3v) is 6.51. The van der Waals surface area contributed by atoms with Crippen LogP contribution in [0.25, 0.3) is 17.1 Å². The van der Waals surface area contributed by atoms with Gasteiger partial charge in [-0.15, -0.1) is 10.2 Å². The molecule has 0 spiro atoms. The number of nitrogens with zero attached hydrogens (tertiary/aromatic N) is 5. The van der Waals surface area contributed by atoms with Crippen LogP contribution in [0.2, 0.25) is 0 Å². The van der Waals surface area contributed by atoms with E-state index in [1.54, 1.807) is 12.4 Å². The molecule has 1 saturated heterocycles. The van der Waals surface area contributed by atoms with Crippen LogP contribution in [-0.2, 0) is 4.79 Å². The number of hydrogen-bond donors (Lipinski definition) is 0. The van der Waals surface area contributed by atoms with Gasteiger partial charge in [0.25, 0.3) is 0 Å². The van der Waals surface area contributed by atoms with Gasteiger partial charge >= 0.3 is 0 Å². The van der Waals surface area contributed by atoms with Crippen LogP contribution in [0.5, 0.6) is 0 Å². The van der Waals surface area contributed by atoms with Crippen molar-refractivity contribution in [3.63, 3.8) is 0 Å². The molecular weight excluding hydrogens is 394 g/mol. The van der Waals surface area contributed by atoms with Crippen LogP contribution in [0.15, 0.2) is 47.9 Å². The van der Waals surface area contributed by atoms with Crippen LogP contribution in [0.1, 0.15) is 37.3 Å². The van der Waals surface area contributed by atoms with E-state index in [9.17, 15) is 4.79 Å². The average molecular weight is 422 g/mol. The maximum Gasteiger partial charge on any atom is 0.233 e. The van der Waals surface area contributed by atoms with E-state index in [1.165, 1.54) is 23.7 Å². The first-order valence-corrected chi connectivity index (χ1v) is 11.4. The molecule has 6 nitrogen and oxygen atoms in total. The second-order valence-corrected chi connectivity index (χ2v) is 8.84. The van der Waals surface area contributed by atoms with Crippen molar-refractivity contribution in [1.82, 2.24) is 24.6 Å². The quantitative estimate of drug-likeness (QED) is 0.570. The maximum absolute atomic E-state index is 12.9. The third kappa shape index (κ3) is 4.26. The van der Waals surface area contributed by atoms with E-state index in [0.29, 0.717) is 11.8 Å². The molecule has 0 N–H and O–H groups in total. The first-order valence-electron chi connectivity index (χ1n) is 10.4. The van der Waals surface area contributed by atoms with Crippen LogP contribution < -0.4 is 0 Å². The summed E-state index contributed by atoms with van der Waals surface area (Å²) in [6, 6.07) is 10.5. The average Bonchev–Trinajstić information content (AvgIpc) is 3.16. The number of benzene rings is 1. The predicted molar refractivity (Wildman–Crippen MR) is 120 cm³/mol. The van der Waals surface area contributed by atoms with E-state index in [0.717, 1.165) is 47.2 Å². The molecule has 1 aliphatic rings. The summed E-state index contributed by atoms with van der Waals surface area (Å²) in [5, 5.41) is 9.63. The van der Waals surface area contributed by atoms with Gasteiger partial charge in [-0.3, -0.25) is 14.3 Å². The molecule has 0 bridgehead atoms. The Bertz CT molecular complexity index is 1030. The zero-order valence-electron chi connectivity index (χ0n) is 17.7. The van der Waals surface area contributed by atoms with E-state index < -0.39 is 0 Å². The van der Waals surface area contributed by atoms with Gasteiger partial charge in [0.05, 0.1) is 11.4 Å². The summed E-state index contributed by atoms with van der Waals surface area (Å²) in [6.07, 6.45) is 6.91. The molecule has 1 aromatic carbocycles. The van der Waals surface area contributed by atoms with Crippen molar-refractivity contribution < 1.29 is 4.79 Å². The van der Waals surface area contributed by atoms with Gasteiger partial charge in [-0.1, -0.05) is 29.5 Å². The fraction of sp³-hybridized carbons (Fsp3) is 0.391. The van der Waals surface area contributed by atoms with Crippen LogP contribution >= 0.6 is 11.8 Å². The number of aryl methyl sites for hydroxylation is 2. The zero-order chi connectivity index (χ0) is 21.1. The minimum absolute atomic E-state index is 0.172. The van der Waals surface area contributed by atoms with E-state index in [-0.39, 0.29) is 5.91 Å². The van der Waals surface area contributed by atoms with Crippen LogP contribution in [0, 0.1) is 13.8 Å². The molecule has 156 valence electrons. The molecule has 3 heterocycles. The van der Waals surface area contributed by atoms with E-state index in [2.05, 4.69) is 54.2 Å². The van der Waals surface area contributed by atoms with Gasteiger partial charge in [0, 0.05) is 30.5 Å². The summed E-state index contributed by atoms with van der Waals surface area (Å²) in [7, 11) is 0.